The van der Waals surface area contributed by atoms with Crippen molar-refractivity contribution in [3.63, 3.8) is 0 Å². The Kier molecular flexibility index (Phi) is 5.22. The van der Waals surface area contributed by atoms with Crippen molar-refractivity contribution in [2.75, 3.05) is 13.1 Å². The highest BCUT2D eigenvalue weighted by Crippen LogP contribution is 2.36. The summed E-state index contributed by atoms with van der Waals surface area (Å²) in [5.74, 6) is -7.88. The van der Waals surface area contributed by atoms with Crippen molar-refractivity contribution in [1.82, 2.24) is 14.8 Å². The highest BCUT2D eigenvalue weighted by atomic mass is 19.3. The molecule has 0 aliphatic carbocycles. The standard InChI is InChI=1S/C21H19F4N3O4/c1-10-4-14(22)12(15(23)5-10)6-26-19(31)13-8-28-11-2-3-21(24,25)9-27(7-11)20(32)16(28)18(30)17(13)29/h4-5,8,11,30H,2-3,6-7,9H2,1H3,(H,26,31). The van der Waals surface area contributed by atoms with E-state index in [4.69, 9.17) is 0 Å². The first-order valence-corrected chi connectivity index (χ1v) is 9.86. The molecular formula is C21H19F4N3O4. The van der Waals surface area contributed by atoms with Gasteiger partial charge < -0.3 is 19.9 Å². The van der Waals surface area contributed by atoms with Crippen LogP contribution in [-0.2, 0) is 6.54 Å². The number of carbonyl (C=O) groups excluding carboxylic acids is 2. The maximum absolute atomic E-state index is 14.0. The SMILES string of the molecule is Cc1cc(F)c(CNC(=O)c2cn3c(c(O)c2=O)C(=O)N2CC3CCC(F)(F)C2)c(F)c1. The minimum atomic E-state index is -3.12. The van der Waals surface area contributed by atoms with Gasteiger partial charge in [-0.25, -0.2) is 17.6 Å². The number of carbonyl (C=O) groups is 2. The summed E-state index contributed by atoms with van der Waals surface area (Å²) < 4.78 is 57.2. The number of alkyl halides is 2. The Morgan fingerprint density at radius 3 is 2.56 bits per heavy atom. The van der Waals surface area contributed by atoms with Crippen molar-refractivity contribution in [3.05, 3.63) is 62.6 Å². The maximum atomic E-state index is 14.0. The summed E-state index contributed by atoms with van der Waals surface area (Å²) in [6.07, 6.45) is 0.464. The number of fused-ring (bicyclic) bond motifs is 4. The zero-order valence-electron chi connectivity index (χ0n) is 16.9. The zero-order valence-corrected chi connectivity index (χ0v) is 16.9. The van der Waals surface area contributed by atoms with Gasteiger partial charge in [-0.2, -0.15) is 0 Å². The highest BCUT2D eigenvalue weighted by molar-refractivity contribution is 5.99. The monoisotopic (exact) mass is 453 g/mol. The summed E-state index contributed by atoms with van der Waals surface area (Å²) in [4.78, 5) is 38.7. The second kappa shape index (κ2) is 7.64. The molecule has 2 aliphatic rings. The van der Waals surface area contributed by atoms with Crippen LogP contribution in [0.5, 0.6) is 5.75 Å². The molecule has 7 nitrogen and oxygen atoms in total. The number of pyridine rings is 1. The van der Waals surface area contributed by atoms with Gasteiger partial charge in [-0.1, -0.05) is 0 Å². The molecule has 32 heavy (non-hydrogen) atoms. The van der Waals surface area contributed by atoms with Gasteiger partial charge in [0.05, 0.1) is 12.6 Å². The van der Waals surface area contributed by atoms with Gasteiger partial charge in [0.2, 0.25) is 5.43 Å². The van der Waals surface area contributed by atoms with Crippen molar-refractivity contribution in [3.8, 4) is 5.75 Å². The largest absolute Gasteiger partial charge is 0.503 e. The number of hydrogen-bond donors (Lipinski definition) is 2. The van der Waals surface area contributed by atoms with Gasteiger partial charge in [-0.3, -0.25) is 14.4 Å². The number of nitrogens with zero attached hydrogens (tertiary/aromatic N) is 2. The third-order valence-corrected chi connectivity index (χ3v) is 5.75. The molecule has 0 saturated carbocycles. The lowest BCUT2D eigenvalue weighted by Crippen LogP contribution is -2.46. The van der Waals surface area contributed by atoms with Gasteiger partial charge in [0, 0.05) is 31.3 Å². The van der Waals surface area contributed by atoms with Crippen LogP contribution in [0.3, 0.4) is 0 Å². The number of aromatic nitrogens is 1. The van der Waals surface area contributed by atoms with Crippen molar-refractivity contribution >= 4 is 11.8 Å². The second-order valence-corrected chi connectivity index (χ2v) is 8.10. The third kappa shape index (κ3) is 3.71. The molecule has 1 fully saturated rings. The van der Waals surface area contributed by atoms with Crippen LogP contribution in [-0.4, -0.2) is 45.4 Å². The average molecular weight is 453 g/mol. The number of aryl methyl sites for hydroxylation is 1. The van der Waals surface area contributed by atoms with Crippen LogP contribution in [0.2, 0.25) is 0 Å². The number of halogens is 4. The van der Waals surface area contributed by atoms with Gasteiger partial charge in [-0.05, 0) is 31.0 Å². The van der Waals surface area contributed by atoms with E-state index < -0.39 is 82.9 Å². The molecule has 2 bridgehead atoms. The molecule has 4 rings (SSSR count). The Morgan fingerprint density at radius 2 is 1.91 bits per heavy atom. The molecule has 170 valence electrons. The summed E-state index contributed by atoms with van der Waals surface area (Å²) in [5, 5.41) is 12.6. The van der Waals surface area contributed by atoms with Crippen LogP contribution < -0.4 is 10.7 Å². The van der Waals surface area contributed by atoms with Crippen LogP contribution in [0.15, 0.2) is 23.1 Å². The van der Waals surface area contributed by atoms with Gasteiger partial charge in [-0.15, -0.1) is 0 Å². The minimum absolute atomic E-state index is 0.0487. The summed E-state index contributed by atoms with van der Waals surface area (Å²) in [6, 6.07) is 1.49. The van der Waals surface area contributed by atoms with Gasteiger partial charge >= 0.3 is 0 Å². The molecule has 11 heteroatoms. The number of hydrogen-bond acceptors (Lipinski definition) is 4. The Bertz CT molecular complexity index is 1170. The molecule has 1 aromatic carbocycles. The van der Waals surface area contributed by atoms with Crippen LogP contribution in [0, 0.1) is 18.6 Å². The van der Waals surface area contributed by atoms with E-state index in [1.54, 1.807) is 0 Å². The quantitative estimate of drug-likeness (QED) is 0.699. The van der Waals surface area contributed by atoms with Crippen molar-refractivity contribution in [2.24, 2.45) is 0 Å². The van der Waals surface area contributed by atoms with Crippen LogP contribution in [0.1, 0.15) is 50.9 Å². The molecule has 3 heterocycles. The number of rotatable bonds is 3. The molecule has 2 aliphatic heterocycles. The van der Waals surface area contributed by atoms with Crippen molar-refractivity contribution < 1.29 is 32.3 Å². The fraction of sp³-hybridized carbons (Fsp3) is 0.381. The molecule has 2 N–H and O–H groups in total. The predicted molar refractivity (Wildman–Crippen MR) is 104 cm³/mol. The predicted octanol–water partition coefficient (Wildman–Crippen LogP) is 2.50. The molecular weight excluding hydrogens is 434 g/mol. The molecule has 1 saturated heterocycles. The molecule has 0 spiro atoms. The topological polar surface area (TPSA) is 91.6 Å². The van der Waals surface area contributed by atoms with Crippen LogP contribution in [0.25, 0.3) is 0 Å². The molecule has 1 unspecified atom stereocenters. The lowest BCUT2D eigenvalue weighted by molar-refractivity contribution is -0.0258. The van der Waals surface area contributed by atoms with Crippen LogP contribution >= 0.6 is 0 Å². The number of benzene rings is 1. The maximum Gasteiger partial charge on any atom is 0.274 e. The Morgan fingerprint density at radius 1 is 1.25 bits per heavy atom. The number of aromatic hydroxyl groups is 1. The van der Waals surface area contributed by atoms with Crippen molar-refractivity contribution in [2.45, 2.75) is 38.3 Å². The van der Waals surface area contributed by atoms with E-state index in [1.165, 1.54) is 11.5 Å². The van der Waals surface area contributed by atoms with Gasteiger partial charge in [0.25, 0.3) is 17.7 Å². The van der Waals surface area contributed by atoms with Gasteiger partial charge in [0.1, 0.15) is 17.2 Å². The van der Waals surface area contributed by atoms with Crippen LogP contribution in [0.4, 0.5) is 17.6 Å². The zero-order chi connectivity index (χ0) is 23.4. The smallest absolute Gasteiger partial charge is 0.274 e. The van der Waals surface area contributed by atoms with E-state index in [-0.39, 0.29) is 13.0 Å². The lowest BCUT2D eigenvalue weighted by atomic mass is 10.0. The Hall–Kier alpha value is -3.37. The lowest BCUT2D eigenvalue weighted by Gasteiger charge is -2.34. The summed E-state index contributed by atoms with van der Waals surface area (Å²) in [5.41, 5.74) is -2.28. The van der Waals surface area contributed by atoms with E-state index in [9.17, 15) is 37.1 Å². The average Bonchev–Trinajstić information content (AvgIpc) is 2.84. The van der Waals surface area contributed by atoms with E-state index in [0.717, 1.165) is 23.2 Å². The fourth-order valence-electron chi connectivity index (χ4n) is 4.12. The summed E-state index contributed by atoms with van der Waals surface area (Å²) >= 11 is 0. The second-order valence-electron chi connectivity index (χ2n) is 8.10. The summed E-state index contributed by atoms with van der Waals surface area (Å²) in [6.45, 7) is 0.0364. The van der Waals surface area contributed by atoms with E-state index in [2.05, 4.69) is 5.32 Å². The first-order valence-electron chi connectivity index (χ1n) is 9.86. The first kappa shape index (κ1) is 21.8. The Labute approximate surface area is 179 Å². The van der Waals surface area contributed by atoms with E-state index >= 15 is 0 Å². The minimum Gasteiger partial charge on any atom is -0.503 e. The Balaban J connectivity index is 1.67. The number of nitrogens with one attached hydrogen (secondary N) is 1. The third-order valence-electron chi connectivity index (χ3n) is 5.75. The molecule has 1 aromatic heterocycles. The molecule has 1 atom stereocenters. The fourth-order valence-corrected chi connectivity index (χ4v) is 4.12. The normalized spacial score (nSPS) is 19.3. The van der Waals surface area contributed by atoms with Gasteiger partial charge in [0.15, 0.2) is 11.4 Å². The molecule has 2 aromatic rings. The first-order chi connectivity index (χ1) is 15.0. The highest BCUT2D eigenvalue weighted by Gasteiger charge is 2.44. The summed E-state index contributed by atoms with van der Waals surface area (Å²) in [7, 11) is 0. The molecule has 0 radical (unpaired) electrons. The number of amides is 2. The van der Waals surface area contributed by atoms with E-state index in [1.807, 2.05) is 0 Å². The van der Waals surface area contributed by atoms with Crippen molar-refractivity contribution in [1.29, 1.82) is 0 Å². The van der Waals surface area contributed by atoms with E-state index in [0.29, 0.717) is 5.56 Å². The molecule has 2 amide bonds.